The highest BCUT2D eigenvalue weighted by Gasteiger charge is 2.06. The summed E-state index contributed by atoms with van der Waals surface area (Å²) in [6, 6.07) is 14.7. The first kappa shape index (κ1) is 12.6. The number of aromatic nitrogens is 2. The van der Waals surface area contributed by atoms with Crippen LogP contribution in [0.5, 0.6) is 0 Å². The highest BCUT2D eigenvalue weighted by Crippen LogP contribution is 2.25. The third-order valence-corrected chi connectivity index (χ3v) is 3.34. The lowest BCUT2D eigenvalue weighted by Gasteiger charge is -2.09. The minimum absolute atomic E-state index is 0.223. The van der Waals surface area contributed by atoms with Crippen LogP contribution in [-0.2, 0) is 0 Å². The van der Waals surface area contributed by atoms with E-state index in [2.05, 4.69) is 5.10 Å². The van der Waals surface area contributed by atoms with Gasteiger partial charge in [0, 0.05) is 6.20 Å². The van der Waals surface area contributed by atoms with Crippen molar-refractivity contribution in [2.45, 2.75) is 13.8 Å². The molecule has 0 spiro atoms. The standard InChI is InChI=1S/C17H15FN2/c1-12-6-7-15(14-4-3-5-16(18)10-14)11-17(12)20-9-8-13(2)19-20/h3-11H,1-2H3. The molecule has 2 aromatic carbocycles. The van der Waals surface area contributed by atoms with Gasteiger partial charge in [-0.3, -0.25) is 0 Å². The van der Waals surface area contributed by atoms with Gasteiger partial charge in [0.15, 0.2) is 0 Å². The summed E-state index contributed by atoms with van der Waals surface area (Å²) in [5.74, 6) is -0.223. The Kier molecular flexibility index (Phi) is 3.11. The van der Waals surface area contributed by atoms with E-state index in [4.69, 9.17) is 0 Å². The largest absolute Gasteiger partial charge is 0.240 e. The lowest BCUT2D eigenvalue weighted by molar-refractivity contribution is 0.628. The summed E-state index contributed by atoms with van der Waals surface area (Å²) in [6.45, 7) is 4.00. The minimum Gasteiger partial charge on any atom is -0.240 e. The first-order valence-electron chi connectivity index (χ1n) is 6.53. The highest BCUT2D eigenvalue weighted by molar-refractivity contribution is 5.67. The van der Waals surface area contributed by atoms with Gasteiger partial charge in [0.05, 0.1) is 11.4 Å². The van der Waals surface area contributed by atoms with E-state index in [1.54, 1.807) is 12.1 Å². The van der Waals surface area contributed by atoms with Crippen molar-refractivity contribution >= 4 is 0 Å². The third-order valence-electron chi connectivity index (χ3n) is 3.34. The fraction of sp³-hybridized carbons (Fsp3) is 0.118. The Bertz CT molecular complexity index is 759. The van der Waals surface area contributed by atoms with Gasteiger partial charge < -0.3 is 0 Å². The Balaban J connectivity index is 2.11. The number of rotatable bonds is 2. The molecule has 0 N–H and O–H groups in total. The summed E-state index contributed by atoms with van der Waals surface area (Å²) in [7, 11) is 0. The van der Waals surface area contributed by atoms with Gasteiger partial charge in [-0.25, -0.2) is 9.07 Å². The van der Waals surface area contributed by atoms with Crippen LogP contribution in [0.4, 0.5) is 4.39 Å². The molecule has 0 amide bonds. The zero-order valence-corrected chi connectivity index (χ0v) is 11.5. The van der Waals surface area contributed by atoms with E-state index < -0.39 is 0 Å². The van der Waals surface area contributed by atoms with Crippen LogP contribution in [-0.4, -0.2) is 9.78 Å². The average molecular weight is 266 g/mol. The molecule has 2 nitrogen and oxygen atoms in total. The molecular formula is C17H15FN2. The SMILES string of the molecule is Cc1ccn(-c2cc(-c3cccc(F)c3)ccc2C)n1. The van der Waals surface area contributed by atoms with Gasteiger partial charge in [0.1, 0.15) is 5.82 Å². The number of aryl methyl sites for hydroxylation is 2. The fourth-order valence-electron chi connectivity index (χ4n) is 2.25. The lowest BCUT2D eigenvalue weighted by Crippen LogP contribution is -1.98. The molecule has 3 rings (SSSR count). The zero-order valence-electron chi connectivity index (χ0n) is 11.5. The van der Waals surface area contributed by atoms with Crippen molar-refractivity contribution in [3.63, 3.8) is 0 Å². The van der Waals surface area contributed by atoms with Gasteiger partial charge in [-0.15, -0.1) is 0 Å². The van der Waals surface area contributed by atoms with Crippen LogP contribution in [0.2, 0.25) is 0 Å². The topological polar surface area (TPSA) is 17.8 Å². The Morgan fingerprint density at radius 3 is 2.45 bits per heavy atom. The van der Waals surface area contributed by atoms with Crippen LogP contribution in [0, 0.1) is 19.7 Å². The fourth-order valence-corrected chi connectivity index (χ4v) is 2.25. The lowest BCUT2D eigenvalue weighted by atomic mass is 10.0. The molecule has 3 aromatic rings. The molecule has 0 saturated heterocycles. The molecule has 0 atom stereocenters. The van der Waals surface area contributed by atoms with E-state index in [-0.39, 0.29) is 5.82 Å². The summed E-state index contributed by atoms with van der Waals surface area (Å²) >= 11 is 0. The van der Waals surface area contributed by atoms with Gasteiger partial charge in [-0.05, 0) is 54.8 Å². The minimum atomic E-state index is -0.223. The van der Waals surface area contributed by atoms with E-state index in [1.807, 2.05) is 55.1 Å². The van der Waals surface area contributed by atoms with Gasteiger partial charge in [0.25, 0.3) is 0 Å². The number of benzene rings is 2. The maximum Gasteiger partial charge on any atom is 0.123 e. The van der Waals surface area contributed by atoms with Crippen molar-refractivity contribution < 1.29 is 4.39 Å². The van der Waals surface area contributed by atoms with E-state index in [1.165, 1.54) is 6.07 Å². The molecule has 0 unspecified atom stereocenters. The predicted molar refractivity (Wildman–Crippen MR) is 78.4 cm³/mol. The van der Waals surface area contributed by atoms with Crippen molar-refractivity contribution in [1.29, 1.82) is 0 Å². The molecule has 0 bridgehead atoms. The maximum atomic E-state index is 13.3. The molecule has 0 saturated carbocycles. The molecule has 0 fully saturated rings. The third kappa shape index (κ3) is 2.35. The Hall–Kier alpha value is -2.42. The molecule has 0 radical (unpaired) electrons. The molecule has 0 aliphatic carbocycles. The van der Waals surface area contributed by atoms with Crippen LogP contribution in [0.3, 0.4) is 0 Å². The van der Waals surface area contributed by atoms with Crippen molar-refractivity contribution in [3.8, 4) is 16.8 Å². The number of hydrogen-bond donors (Lipinski definition) is 0. The summed E-state index contributed by atoms with van der Waals surface area (Å²) in [5.41, 5.74) is 4.97. The van der Waals surface area contributed by atoms with Crippen molar-refractivity contribution in [1.82, 2.24) is 9.78 Å². The monoisotopic (exact) mass is 266 g/mol. The second-order valence-electron chi connectivity index (χ2n) is 4.91. The van der Waals surface area contributed by atoms with E-state index in [0.717, 1.165) is 28.1 Å². The smallest absolute Gasteiger partial charge is 0.123 e. The Labute approximate surface area is 117 Å². The van der Waals surface area contributed by atoms with Crippen LogP contribution in [0.25, 0.3) is 16.8 Å². The van der Waals surface area contributed by atoms with E-state index >= 15 is 0 Å². The second-order valence-corrected chi connectivity index (χ2v) is 4.91. The number of hydrogen-bond acceptors (Lipinski definition) is 1. The van der Waals surface area contributed by atoms with Gasteiger partial charge >= 0.3 is 0 Å². The predicted octanol–water partition coefficient (Wildman–Crippen LogP) is 4.30. The van der Waals surface area contributed by atoms with Crippen molar-refractivity contribution in [2.75, 3.05) is 0 Å². The van der Waals surface area contributed by atoms with Crippen molar-refractivity contribution in [3.05, 3.63) is 71.8 Å². The molecular weight excluding hydrogens is 251 g/mol. The van der Waals surface area contributed by atoms with Gasteiger partial charge in [-0.1, -0.05) is 24.3 Å². The zero-order chi connectivity index (χ0) is 14.1. The van der Waals surface area contributed by atoms with Gasteiger partial charge in [-0.2, -0.15) is 5.10 Å². The van der Waals surface area contributed by atoms with E-state index in [9.17, 15) is 4.39 Å². The normalized spacial score (nSPS) is 10.8. The molecule has 1 heterocycles. The summed E-state index contributed by atoms with van der Waals surface area (Å²) in [6.07, 6.45) is 1.94. The Morgan fingerprint density at radius 2 is 1.75 bits per heavy atom. The maximum absolute atomic E-state index is 13.3. The van der Waals surface area contributed by atoms with Crippen LogP contribution in [0.15, 0.2) is 54.7 Å². The van der Waals surface area contributed by atoms with Crippen LogP contribution in [0.1, 0.15) is 11.3 Å². The molecule has 20 heavy (non-hydrogen) atoms. The summed E-state index contributed by atoms with van der Waals surface area (Å²) in [4.78, 5) is 0. The molecule has 100 valence electrons. The average Bonchev–Trinajstić information content (AvgIpc) is 2.86. The summed E-state index contributed by atoms with van der Waals surface area (Å²) in [5, 5.41) is 4.44. The molecule has 1 aromatic heterocycles. The number of nitrogens with zero attached hydrogens (tertiary/aromatic N) is 2. The molecule has 3 heteroatoms. The van der Waals surface area contributed by atoms with E-state index in [0.29, 0.717) is 0 Å². The first-order chi connectivity index (χ1) is 9.63. The van der Waals surface area contributed by atoms with Crippen LogP contribution >= 0.6 is 0 Å². The Morgan fingerprint density at radius 1 is 0.950 bits per heavy atom. The van der Waals surface area contributed by atoms with Gasteiger partial charge in [0.2, 0.25) is 0 Å². The second kappa shape index (κ2) is 4.93. The molecule has 0 aliphatic rings. The quantitative estimate of drug-likeness (QED) is 0.676. The number of halogens is 1. The first-order valence-corrected chi connectivity index (χ1v) is 6.53. The highest BCUT2D eigenvalue weighted by atomic mass is 19.1. The summed E-state index contributed by atoms with van der Waals surface area (Å²) < 4.78 is 15.2. The van der Waals surface area contributed by atoms with Crippen molar-refractivity contribution in [2.24, 2.45) is 0 Å². The molecule has 0 aliphatic heterocycles. The van der Waals surface area contributed by atoms with Crippen LogP contribution < -0.4 is 0 Å².